The van der Waals surface area contributed by atoms with Crippen molar-refractivity contribution in [3.63, 3.8) is 0 Å². The molecule has 0 aromatic heterocycles. The Morgan fingerprint density at radius 1 is 1.19 bits per heavy atom. The summed E-state index contributed by atoms with van der Waals surface area (Å²) in [7, 11) is 0. The number of ether oxygens (including phenoxy) is 1. The average Bonchev–Trinajstić information content (AvgIpc) is 2.89. The maximum atomic E-state index is 11.9. The molecule has 1 heterocycles. The lowest BCUT2D eigenvalue weighted by Gasteiger charge is -2.35. The van der Waals surface area contributed by atoms with E-state index >= 15 is 0 Å². The zero-order valence-electron chi connectivity index (χ0n) is 15.9. The van der Waals surface area contributed by atoms with Crippen molar-refractivity contribution >= 4 is 12.1 Å². The van der Waals surface area contributed by atoms with Gasteiger partial charge in [-0.2, -0.15) is 0 Å². The van der Waals surface area contributed by atoms with Crippen LogP contribution in [-0.2, 0) is 16.8 Å². The summed E-state index contributed by atoms with van der Waals surface area (Å²) in [6, 6.07) is 16.4. The van der Waals surface area contributed by atoms with Crippen molar-refractivity contribution in [3.05, 3.63) is 59.7 Å². The van der Waals surface area contributed by atoms with Crippen LogP contribution < -0.4 is 15.0 Å². The Kier molecular flexibility index (Phi) is 5.62. The lowest BCUT2D eigenvalue weighted by molar-refractivity contribution is -0.108. The Morgan fingerprint density at radius 3 is 2.62 bits per heavy atom. The minimum atomic E-state index is -0.160. The topological polar surface area (TPSA) is 41.6 Å². The van der Waals surface area contributed by atoms with Crippen LogP contribution in [0.5, 0.6) is 5.75 Å². The molecule has 0 bridgehead atoms. The third kappa shape index (κ3) is 3.34. The van der Waals surface area contributed by atoms with Gasteiger partial charge in [0.05, 0.1) is 12.8 Å². The van der Waals surface area contributed by atoms with E-state index in [1.807, 2.05) is 42.2 Å². The van der Waals surface area contributed by atoms with E-state index < -0.39 is 0 Å². The van der Waals surface area contributed by atoms with E-state index in [0.717, 1.165) is 37.2 Å². The second kappa shape index (κ2) is 7.92. The van der Waals surface area contributed by atoms with Crippen LogP contribution in [0.3, 0.4) is 0 Å². The van der Waals surface area contributed by atoms with Gasteiger partial charge < -0.3 is 4.74 Å². The van der Waals surface area contributed by atoms with E-state index in [9.17, 15) is 4.79 Å². The molecule has 0 spiro atoms. The summed E-state index contributed by atoms with van der Waals surface area (Å²) in [5, 5.41) is 3.63. The van der Waals surface area contributed by atoms with Crippen LogP contribution in [-0.4, -0.2) is 19.2 Å². The zero-order valence-corrected chi connectivity index (χ0v) is 15.9. The standard InChI is InChI=1S/C22H28N2O2/c1-4-13-22(3)19-14-18(26-5-2)11-12-20(19)24(16-25)21(22)23-15-17-9-7-6-8-10-17/h6-12,14,16,21,23H,4-5,13,15H2,1-3H3/t21?,22-/m0/s1. The van der Waals surface area contributed by atoms with Crippen LogP contribution in [0.4, 0.5) is 5.69 Å². The number of benzene rings is 2. The molecule has 4 heteroatoms. The molecule has 26 heavy (non-hydrogen) atoms. The molecular formula is C22H28N2O2. The predicted octanol–water partition coefficient (Wildman–Crippen LogP) is 4.24. The molecule has 0 saturated carbocycles. The quantitative estimate of drug-likeness (QED) is 0.723. The molecule has 0 aliphatic carbocycles. The van der Waals surface area contributed by atoms with Crippen molar-refractivity contribution in [3.8, 4) is 5.75 Å². The predicted molar refractivity (Wildman–Crippen MR) is 105 cm³/mol. The first-order valence-electron chi connectivity index (χ1n) is 9.42. The highest BCUT2D eigenvalue weighted by atomic mass is 16.5. The first-order valence-corrected chi connectivity index (χ1v) is 9.42. The Labute approximate surface area is 156 Å². The number of anilines is 1. The number of carbonyl (C=O) groups is 1. The van der Waals surface area contributed by atoms with Crippen molar-refractivity contribution in [1.82, 2.24) is 5.32 Å². The van der Waals surface area contributed by atoms with Gasteiger partial charge in [0.2, 0.25) is 6.41 Å². The maximum absolute atomic E-state index is 11.9. The fourth-order valence-corrected chi connectivity index (χ4v) is 4.09. The highest BCUT2D eigenvalue weighted by Crippen LogP contribution is 2.47. The number of rotatable bonds is 8. The van der Waals surface area contributed by atoms with E-state index in [1.54, 1.807) is 0 Å². The highest BCUT2D eigenvalue weighted by Gasteiger charge is 2.47. The highest BCUT2D eigenvalue weighted by molar-refractivity contribution is 5.83. The second-order valence-corrected chi connectivity index (χ2v) is 7.06. The zero-order chi connectivity index (χ0) is 18.6. The molecule has 1 aliphatic heterocycles. The number of amides is 1. The van der Waals surface area contributed by atoms with Crippen LogP contribution in [0, 0.1) is 0 Å². The summed E-state index contributed by atoms with van der Waals surface area (Å²) < 4.78 is 5.71. The maximum Gasteiger partial charge on any atom is 0.215 e. The third-order valence-electron chi connectivity index (χ3n) is 5.28. The van der Waals surface area contributed by atoms with E-state index in [-0.39, 0.29) is 11.6 Å². The smallest absolute Gasteiger partial charge is 0.215 e. The van der Waals surface area contributed by atoms with Gasteiger partial charge >= 0.3 is 0 Å². The van der Waals surface area contributed by atoms with E-state index in [1.165, 1.54) is 11.1 Å². The normalized spacial score (nSPS) is 21.5. The molecule has 1 amide bonds. The van der Waals surface area contributed by atoms with Gasteiger partial charge in [-0.1, -0.05) is 50.6 Å². The summed E-state index contributed by atoms with van der Waals surface area (Å²) in [5.41, 5.74) is 3.21. The molecule has 0 fully saturated rings. The average molecular weight is 352 g/mol. The van der Waals surface area contributed by atoms with Crippen LogP contribution in [0.2, 0.25) is 0 Å². The Hall–Kier alpha value is -2.33. The first-order chi connectivity index (χ1) is 12.6. The minimum Gasteiger partial charge on any atom is -0.494 e. The Balaban J connectivity index is 1.95. The van der Waals surface area contributed by atoms with E-state index in [0.29, 0.717) is 6.61 Å². The monoisotopic (exact) mass is 352 g/mol. The van der Waals surface area contributed by atoms with Gasteiger partial charge in [0, 0.05) is 17.6 Å². The molecule has 4 nitrogen and oxygen atoms in total. The van der Waals surface area contributed by atoms with Gasteiger partial charge in [0.25, 0.3) is 0 Å². The molecule has 138 valence electrons. The summed E-state index contributed by atoms with van der Waals surface area (Å²) in [6.45, 7) is 7.78. The third-order valence-corrected chi connectivity index (χ3v) is 5.28. The molecule has 1 N–H and O–H groups in total. The van der Waals surface area contributed by atoms with Crippen LogP contribution in [0.25, 0.3) is 0 Å². The van der Waals surface area contributed by atoms with Crippen LogP contribution >= 0.6 is 0 Å². The number of hydrogen-bond acceptors (Lipinski definition) is 3. The Bertz CT molecular complexity index is 747. The molecule has 2 aromatic carbocycles. The second-order valence-electron chi connectivity index (χ2n) is 7.06. The van der Waals surface area contributed by atoms with Crippen molar-refractivity contribution in [2.75, 3.05) is 11.5 Å². The van der Waals surface area contributed by atoms with Gasteiger partial charge in [0.15, 0.2) is 0 Å². The molecule has 3 rings (SSSR count). The molecule has 2 aromatic rings. The van der Waals surface area contributed by atoms with E-state index in [2.05, 4.69) is 37.4 Å². The SMILES string of the molecule is CCC[C@@]1(C)c2cc(OCC)ccc2N(C=O)C1NCc1ccccc1. The fraction of sp³-hybridized carbons (Fsp3) is 0.409. The Morgan fingerprint density at radius 2 is 1.96 bits per heavy atom. The molecule has 1 aliphatic rings. The summed E-state index contributed by atoms with van der Waals surface area (Å²) in [4.78, 5) is 13.8. The van der Waals surface area contributed by atoms with Crippen LogP contribution in [0.15, 0.2) is 48.5 Å². The van der Waals surface area contributed by atoms with Gasteiger partial charge in [-0.3, -0.25) is 15.0 Å². The molecule has 0 radical (unpaired) electrons. The summed E-state index contributed by atoms with van der Waals surface area (Å²) in [6.07, 6.45) is 2.91. The molecular weight excluding hydrogens is 324 g/mol. The lowest BCUT2D eigenvalue weighted by atomic mass is 9.78. The molecule has 0 saturated heterocycles. The summed E-state index contributed by atoms with van der Waals surface area (Å²) >= 11 is 0. The van der Waals surface area contributed by atoms with Gasteiger partial charge in [-0.05, 0) is 42.7 Å². The number of hydrogen-bond donors (Lipinski definition) is 1. The number of fused-ring (bicyclic) bond motifs is 1. The summed E-state index contributed by atoms with van der Waals surface area (Å²) in [5.74, 6) is 0.864. The number of nitrogens with zero attached hydrogens (tertiary/aromatic N) is 1. The first kappa shape index (κ1) is 18.5. The van der Waals surface area contributed by atoms with Crippen molar-refractivity contribution in [1.29, 1.82) is 0 Å². The molecule has 2 atom stereocenters. The van der Waals surface area contributed by atoms with Gasteiger partial charge in [-0.15, -0.1) is 0 Å². The van der Waals surface area contributed by atoms with Crippen LogP contribution in [0.1, 0.15) is 44.7 Å². The number of carbonyl (C=O) groups excluding carboxylic acids is 1. The number of nitrogens with one attached hydrogen (secondary N) is 1. The minimum absolute atomic E-state index is 0.0768. The largest absolute Gasteiger partial charge is 0.494 e. The van der Waals surface area contributed by atoms with Crippen molar-refractivity contribution < 1.29 is 9.53 Å². The van der Waals surface area contributed by atoms with Crippen molar-refractivity contribution in [2.24, 2.45) is 0 Å². The van der Waals surface area contributed by atoms with Crippen molar-refractivity contribution in [2.45, 2.75) is 51.7 Å². The van der Waals surface area contributed by atoms with Gasteiger partial charge in [0.1, 0.15) is 5.75 Å². The molecule has 1 unspecified atom stereocenters. The van der Waals surface area contributed by atoms with Gasteiger partial charge in [-0.25, -0.2) is 0 Å². The van der Waals surface area contributed by atoms with E-state index in [4.69, 9.17) is 4.74 Å². The lowest BCUT2D eigenvalue weighted by Crippen LogP contribution is -2.52. The fourth-order valence-electron chi connectivity index (χ4n) is 4.09.